The minimum atomic E-state index is -0.828. The van der Waals surface area contributed by atoms with E-state index in [1.807, 2.05) is 27.7 Å². The first-order valence-electron chi connectivity index (χ1n) is 6.80. The summed E-state index contributed by atoms with van der Waals surface area (Å²) in [5.41, 5.74) is -0.213. The van der Waals surface area contributed by atoms with Gasteiger partial charge >= 0.3 is 0 Å². The maximum Gasteiger partial charge on any atom is 0.137 e. The first-order chi connectivity index (χ1) is 9.21. The lowest BCUT2D eigenvalue weighted by atomic mass is 9.95. The summed E-state index contributed by atoms with van der Waals surface area (Å²) >= 11 is 6.18. The van der Waals surface area contributed by atoms with Crippen molar-refractivity contribution < 1.29 is 9.84 Å². The molecule has 1 fully saturated rings. The molecule has 20 heavy (non-hydrogen) atoms. The van der Waals surface area contributed by atoms with Crippen LogP contribution in [0.5, 0.6) is 0 Å². The monoisotopic (exact) mass is 299 g/mol. The average Bonchev–Trinajstić information content (AvgIpc) is 2.77. The van der Waals surface area contributed by atoms with E-state index in [0.29, 0.717) is 43.0 Å². The Bertz CT molecular complexity index is 494. The molecule has 112 valence electrons. The van der Waals surface area contributed by atoms with Gasteiger partial charge in [0.15, 0.2) is 0 Å². The molecule has 5 nitrogen and oxygen atoms in total. The predicted octanol–water partition coefficient (Wildman–Crippen LogP) is 2.30. The Morgan fingerprint density at radius 3 is 2.65 bits per heavy atom. The summed E-state index contributed by atoms with van der Waals surface area (Å²) in [6.07, 6.45) is 0.629. The Labute approximate surface area is 124 Å². The van der Waals surface area contributed by atoms with Crippen LogP contribution in [0.2, 0.25) is 5.15 Å². The number of anilines is 1. The molecule has 2 heterocycles. The Kier molecular flexibility index (Phi) is 4.23. The van der Waals surface area contributed by atoms with E-state index in [9.17, 15) is 5.11 Å². The lowest BCUT2D eigenvalue weighted by molar-refractivity contribution is 0.0381. The molecule has 1 aliphatic rings. The van der Waals surface area contributed by atoms with Crippen molar-refractivity contribution in [2.24, 2.45) is 0 Å². The maximum atomic E-state index is 10.3. The highest BCUT2D eigenvalue weighted by atomic mass is 35.5. The second-order valence-corrected chi connectivity index (χ2v) is 6.80. The van der Waals surface area contributed by atoms with E-state index in [0.717, 1.165) is 5.56 Å². The van der Waals surface area contributed by atoms with Gasteiger partial charge in [-0.1, -0.05) is 32.4 Å². The fourth-order valence-corrected chi connectivity index (χ4v) is 2.15. The lowest BCUT2D eigenvalue weighted by Gasteiger charge is -2.23. The lowest BCUT2D eigenvalue weighted by Crippen LogP contribution is -2.37. The minimum Gasteiger partial charge on any atom is -0.386 e. The van der Waals surface area contributed by atoms with Gasteiger partial charge in [-0.25, -0.2) is 9.97 Å². The van der Waals surface area contributed by atoms with E-state index in [1.165, 1.54) is 0 Å². The zero-order valence-electron chi connectivity index (χ0n) is 12.5. The van der Waals surface area contributed by atoms with Crippen LogP contribution in [0, 0.1) is 6.92 Å². The van der Waals surface area contributed by atoms with Gasteiger partial charge in [0, 0.05) is 30.6 Å². The summed E-state index contributed by atoms with van der Waals surface area (Å²) < 4.78 is 5.23. The van der Waals surface area contributed by atoms with Gasteiger partial charge in [0.05, 0.1) is 6.61 Å². The number of aromatic nitrogens is 2. The van der Waals surface area contributed by atoms with Crippen molar-refractivity contribution in [2.75, 3.05) is 25.1 Å². The van der Waals surface area contributed by atoms with Crippen molar-refractivity contribution in [3.63, 3.8) is 0 Å². The van der Waals surface area contributed by atoms with Gasteiger partial charge in [0.25, 0.3) is 0 Å². The number of hydrogen-bond donors (Lipinski definition) is 2. The van der Waals surface area contributed by atoms with E-state index in [2.05, 4.69) is 15.3 Å². The van der Waals surface area contributed by atoms with Gasteiger partial charge in [-0.2, -0.15) is 0 Å². The molecule has 1 atom stereocenters. The quantitative estimate of drug-likeness (QED) is 0.838. The Hall–Kier alpha value is -0.910. The normalized spacial score (nSPS) is 23.1. The van der Waals surface area contributed by atoms with Crippen LogP contribution in [0.15, 0.2) is 0 Å². The van der Waals surface area contributed by atoms with Crippen molar-refractivity contribution in [3.8, 4) is 0 Å². The second-order valence-electron chi connectivity index (χ2n) is 6.44. The van der Waals surface area contributed by atoms with Gasteiger partial charge in [0.1, 0.15) is 22.4 Å². The fraction of sp³-hybridized carbons (Fsp3) is 0.714. The summed E-state index contributed by atoms with van der Waals surface area (Å²) in [5.74, 6) is 1.36. The first-order valence-corrected chi connectivity index (χ1v) is 7.18. The highest BCUT2D eigenvalue weighted by Crippen LogP contribution is 2.27. The van der Waals surface area contributed by atoms with Gasteiger partial charge in [-0.05, 0) is 6.92 Å². The zero-order valence-corrected chi connectivity index (χ0v) is 13.2. The number of rotatable bonds is 3. The molecule has 2 rings (SSSR count). The number of halogens is 1. The number of aliphatic hydroxyl groups is 1. The van der Waals surface area contributed by atoms with Crippen LogP contribution in [-0.2, 0) is 10.2 Å². The minimum absolute atomic E-state index is 0.179. The molecule has 1 saturated heterocycles. The largest absolute Gasteiger partial charge is 0.386 e. The second kappa shape index (κ2) is 5.47. The molecule has 1 aromatic heterocycles. The summed E-state index contributed by atoms with van der Waals surface area (Å²) in [5, 5.41) is 13.9. The molecule has 0 spiro atoms. The van der Waals surface area contributed by atoms with Crippen LogP contribution in [0.25, 0.3) is 0 Å². The van der Waals surface area contributed by atoms with Crippen LogP contribution < -0.4 is 5.32 Å². The zero-order chi connectivity index (χ0) is 15.0. The highest BCUT2D eigenvalue weighted by molar-refractivity contribution is 6.30. The Morgan fingerprint density at radius 1 is 1.40 bits per heavy atom. The molecule has 2 N–H and O–H groups in total. The number of ether oxygens (including phenoxy) is 1. The third-order valence-electron chi connectivity index (χ3n) is 3.42. The van der Waals surface area contributed by atoms with Gasteiger partial charge in [-0.3, -0.25) is 0 Å². The molecular weight excluding hydrogens is 278 g/mol. The SMILES string of the molecule is Cc1c(Cl)nc(C(C)(C)C)nc1NCC1(O)CCOC1. The van der Waals surface area contributed by atoms with E-state index in [-0.39, 0.29) is 5.41 Å². The highest BCUT2D eigenvalue weighted by Gasteiger charge is 2.32. The van der Waals surface area contributed by atoms with E-state index in [1.54, 1.807) is 0 Å². The number of nitrogens with one attached hydrogen (secondary N) is 1. The van der Waals surface area contributed by atoms with Gasteiger partial charge in [-0.15, -0.1) is 0 Å². The predicted molar refractivity (Wildman–Crippen MR) is 79.4 cm³/mol. The first kappa shape index (κ1) is 15.5. The Balaban J connectivity index is 2.20. The maximum absolute atomic E-state index is 10.3. The summed E-state index contributed by atoms with van der Waals surface area (Å²) in [4.78, 5) is 8.87. The molecule has 0 aromatic carbocycles. The number of hydrogen-bond acceptors (Lipinski definition) is 5. The van der Waals surface area contributed by atoms with Crippen molar-refractivity contribution in [1.82, 2.24) is 9.97 Å². The summed E-state index contributed by atoms with van der Waals surface area (Å²) in [6, 6.07) is 0. The number of nitrogens with zero attached hydrogens (tertiary/aromatic N) is 2. The molecule has 1 unspecified atom stereocenters. The topological polar surface area (TPSA) is 67.3 Å². The summed E-state index contributed by atoms with van der Waals surface area (Å²) in [6.45, 7) is 9.32. The molecule has 0 aliphatic carbocycles. The third-order valence-corrected chi connectivity index (χ3v) is 3.79. The standard InChI is InChI=1S/C14H22ClN3O2/c1-9-10(15)17-12(13(2,3)4)18-11(9)16-7-14(19)5-6-20-8-14/h19H,5-8H2,1-4H3,(H,16,17,18). The van der Waals surface area contributed by atoms with E-state index >= 15 is 0 Å². The third kappa shape index (κ3) is 3.40. The van der Waals surface area contributed by atoms with E-state index in [4.69, 9.17) is 16.3 Å². The van der Waals surface area contributed by atoms with Crippen LogP contribution in [0.3, 0.4) is 0 Å². The molecule has 1 aromatic rings. The van der Waals surface area contributed by atoms with Crippen molar-refractivity contribution >= 4 is 17.4 Å². The van der Waals surface area contributed by atoms with Crippen LogP contribution in [-0.4, -0.2) is 40.4 Å². The van der Waals surface area contributed by atoms with Crippen molar-refractivity contribution in [3.05, 3.63) is 16.5 Å². The summed E-state index contributed by atoms with van der Waals surface area (Å²) in [7, 11) is 0. The van der Waals surface area contributed by atoms with Crippen LogP contribution >= 0.6 is 11.6 Å². The molecule has 1 aliphatic heterocycles. The molecule has 0 amide bonds. The molecule has 0 radical (unpaired) electrons. The van der Waals surface area contributed by atoms with E-state index < -0.39 is 5.60 Å². The van der Waals surface area contributed by atoms with Gasteiger partial charge in [0.2, 0.25) is 0 Å². The van der Waals surface area contributed by atoms with Crippen molar-refractivity contribution in [2.45, 2.75) is 45.1 Å². The van der Waals surface area contributed by atoms with Crippen LogP contribution in [0.4, 0.5) is 5.82 Å². The van der Waals surface area contributed by atoms with Crippen LogP contribution in [0.1, 0.15) is 38.6 Å². The molecule has 6 heteroatoms. The van der Waals surface area contributed by atoms with Gasteiger partial charge < -0.3 is 15.2 Å². The average molecular weight is 300 g/mol. The fourth-order valence-electron chi connectivity index (χ4n) is 1.98. The molecule has 0 bridgehead atoms. The molecular formula is C14H22ClN3O2. The molecule has 0 saturated carbocycles. The smallest absolute Gasteiger partial charge is 0.137 e. The Morgan fingerprint density at radius 2 is 2.10 bits per heavy atom. The van der Waals surface area contributed by atoms with Crippen molar-refractivity contribution in [1.29, 1.82) is 0 Å².